The number of carbonyl (C=O) groups is 1. The minimum absolute atomic E-state index is 0.165. The number of aromatic nitrogens is 1. The van der Waals surface area contributed by atoms with Gasteiger partial charge in [0, 0.05) is 17.1 Å². The molecule has 0 atom stereocenters. The number of rotatable bonds is 5. The number of pyridine rings is 1. The van der Waals surface area contributed by atoms with Crippen molar-refractivity contribution in [3.8, 4) is 11.5 Å². The molecule has 0 aliphatic heterocycles. The van der Waals surface area contributed by atoms with E-state index < -0.39 is 5.97 Å². The van der Waals surface area contributed by atoms with Gasteiger partial charge >= 0.3 is 5.97 Å². The van der Waals surface area contributed by atoms with E-state index in [1.165, 1.54) is 7.11 Å². The van der Waals surface area contributed by atoms with Crippen molar-refractivity contribution in [2.75, 3.05) is 13.7 Å². The van der Waals surface area contributed by atoms with Crippen molar-refractivity contribution >= 4 is 28.5 Å². The maximum atomic E-state index is 11.6. The van der Waals surface area contributed by atoms with Crippen molar-refractivity contribution in [1.82, 2.24) is 4.98 Å². The van der Waals surface area contributed by atoms with Crippen LogP contribution in [0.15, 0.2) is 18.2 Å². The van der Waals surface area contributed by atoms with E-state index in [0.717, 1.165) is 11.1 Å². The molecule has 0 radical (unpaired) electrons. The van der Waals surface area contributed by atoms with Crippen molar-refractivity contribution in [2.24, 2.45) is 0 Å². The van der Waals surface area contributed by atoms with E-state index in [1.807, 2.05) is 6.92 Å². The Hall–Kier alpha value is -2.01. The molecule has 22 heavy (non-hydrogen) atoms. The number of carbonyl (C=O) groups excluding carboxylic acids is 1. The van der Waals surface area contributed by atoms with Gasteiger partial charge in [0.2, 0.25) is 0 Å². The Balaban J connectivity index is 2.33. The molecule has 1 heterocycles. The molecule has 6 heteroatoms. The van der Waals surface area contributed by atoms with E-state index in [0.29, 0.717) is 22.0 Å². The van der Waals surface area contributed by atoms with Gasteiger partial charge in [-0.3, -0.25) is 4.98 Å². The molecule has 2 aromatic rings. The largest absolute Gasteiger partial charge is 0.495 e. The van der Waals surface area contributed by atoms with Crippen LogP contribution in [0, 0.1) is 6.92 Å². The van der Waals surface area contributed by atoms with Crippen LogP contribution >= 0.6 is 11.6 Å². The van der Waals surface area contributed by atoms with Crippen molar-refractivity contribution in [3.63, 3.8) is 0 Å². The Kier molecular flexibility index (Phi) is 5.08. The smallest absolute Gasteiger partial charge is 0.344 e. The zero-order valence-electron chi connectivity index (χ0n) is 13.0. The van der Waals surface area contributed by atoms with Crippen molar-refractivity contribution in [2.45, 2.75) is 26.9 Å². The molecule has 0 aliphatic carbocycles. The first-order valence-electron chi connectivity index (χ1n) is 6.88. The number of nitrogens with zero attached hydrogens (tertiary/aromatic N) is 1. The Morgan fingerprint density at radius 2 is 2.00 bits per heavy atom. The SMILES string of the molecule is COc1cc2c(OCC(=O)OC(C)C)cc(C)nc2cc1Cl. The number of esters is 1. The fourth-order valence-corrected chi connectivity index (χ4v) is 2.27. The second-order valence-corrected chi connectivity index (χ2v) is 5.50. The quantitative estimate of drug-likeness (QED) is 0.788. The molecule has 118 valence electrons. The lowest BCUT2D eigenvalue weighted by Gasteiger charge is -2.13. The highest BCUT2D eigenvalue weighted by molar-refractivity contribution is 6.32. The van der Waals surface area contributed by atoms with Crippen LogP contribution in [-0.2, 0) is 9.53 Å². The summed E-state index contributed by atoms with van der Waals surface area (Å²) >= 11 is 6.11. The molecule has 0 N–H and O–H groups in total. The molecule has 0 fully saturated rings. The minimum atomic E-state index is -0.418. The van der Waals surface area contributed by atoms with Gasteiger partial charge < -0.3 is 14.2 Å². The van der Waals surface area contributed by atoms with Gasteiger partial charge in [0.25, 0.3) is 0 Å². The van der Waals surface area contributed by atoms with Gasteiger partial charge in [0.15, 0.2) is 6.61 Å². The topological polar surface area (TPSA) is 57.7 Å². The number of ether oxygens (including phenoxy) is 3. The maximum absolute atomic E-state index is 11.6. The third-order valence-electron chi connectivity index (χ3n) is 2.89. The second-order valence-electron chi connectivity index (χ2n) is 5.09. The molecule has 5 nitrogen and oxygen atoms in total. The maximum Gasteiger partial charge on any atom is 0.344 e. The molecule has 0 saturated heterocycles. The van der Waals surface area contributed by atoms with E-state index in [4.69, 9.17) is 25.8 Å². The van der Waals surface area contributed by atoms with Crippen LogP contribution in [0.4, 0.5) is 0 Å². The van der Waals surface area contributed by atoms with E-state index in [1.54, 1.807) is 32.0 Å². The minimum Gasteiger partial charge on any atom is -0.495 e. The van der Waals surface area contributed by atoms with Crippen molar-refractivity contribution < 1.29 is 19.0 Å². The van der Waals surface area contributed by atoms with Gasteiger partial charge in [-0.2, -0.15) is 0 Å². The Bertz CT molecular complexity index is 700. The van der Waals surface area contributed by atoms with Gasteiger partial charge in [0.05, 0.1) is 23.8 Å². The number of benzene rings is 1. The predicted octanol–water partition coefficient (Wildman–Crippen LogP) is 3.54. The summed E-state index contributed by atoms with van der Waals surface area (Å²) < 4.78 is 15.9. The van der Waals surface area contributed by atoms with Crippen LogP contribution in [-0.4, -0.2) is 30.8 Å². The molecule has 0 bridgehead atoms. The van der Waals surface area contributed by atoms with E-state index in [2.05, 4.69) is 4.98 Å². The normalized spacial score (nSPS) is 10.8. The molecule has 0 saturated carbocycles. The number of hydrogen-bond donors (Lipinski definition) is 0. The molecular weight excluding hydrogens is 306 g/mol. The number of hydrogen-bond acceptors (Lipinski definition) is 5. The number of aryl methyl sites for hydroxylation is 1. The summed E-state index contributed by atoms with van der Waals surface area (Å²) in [6, 6.07) is 5.22. The third kappa shape index (κ3) is 3.80. The standard InChI is InChI=1S/C16H18ClNO4/c1-9(2)22-16(19)8-21-14-5-10(3)18-13-7-12(17)15(20-4)6-11(13)14/h5-7,9H,8H2,1-4H3. The molecule has 0 spiro atoms. The molecule has 0 amide bonds. The Labute approximate surface area is 134 Å². The highest BCUT2D eigenvalue weighted by Crippen LogP contribution is 2.34. The summed E-state index contributed by atoms with van der Waals surface area (Å²) in [5.74, 6) is 0.645. The number of fused-ring (bicyclic) bond motifs is 1. The van der Waals surface area contributed by atoms with E-state index in [9.17, 15) is 4.79 Å². The first kappa shape index (κ1) is 16.4. The predicted molar refractivity (Wildman–Crippen MR) is 84.8 cm³/mol. The molecule has 1 aromatic heterocycles. The van der Waals surface area contributed by atoms with E-state index >= 15 is 0 Å². The molecule has 2 rings (SSSR count). The lowest BCUT2D eigenvalue weighted by atomic mass is 10.1. The van der Waals surface area contributed by atoms with Crippen LogP contribution in [0.2, 0.25) is 5.02 Å². The van der Waals surface area contributed by atoms with Crippen molar-refractivity contribution in [3.05, 3.63) is 28.9 Å². The van der Waals surface area contributed by atoms with Crippen molar-refractivity contribution in [1.29, 1.82) is 0 Å². The summed E-state index contributed by atoms with van der Waals surface area (Å²) in [6.45, 7) is 5.26. The summed E-state index contributed by atoms with van der Waals surface area (Å²) in [4.78, 5) is 16.0. The van der Waals surface area contributed by atoms with Crippen LogP contribution in [0.5, 0.6) is 11.5 Å². The summed E-state index contributed by atoms with van der Waals surface area (Å²) in [5.41, 5.74) is 1.44. The summed E-state index contributed by atoms with van der Waals surface area (Å²) in [5, 5.41) is 1.20. The average molecular weight is 324 g/mol. The fourth-order valence-electron chi connectivity index (χ4n) is 2.03. The zero-order valence-corrected chi connectivity index (χ0v) is 13.7. The van der Waals surface area contributed by atoms with Gasteiger partial charge in [-0.15, -0.1) is 0 Å². The average Bonchev–Trinajstić information content (AvgIpc) is 2.43. The first-order valence-corrected chi connectivity index (χ1v) is 7.25. The summed E-state index contributed by atoms with van der Waals surface area (Å²) in [6.07, 6.45) is -0.175. The van der Waals surface area contributed by atoms with Crippen LogP contribution in [0.1, 0.15) is 19.5 Å². The molecule has 1 aromatic carbocycles. The van der Waals surface area contributed by atoms with E-state index in [-0.39, 0.29) is 12.7 Å². The molecule has 0 aliphatic rings. The molecule has 0 unspecified atom stereocenters. The first-order chi connectivity index (χ1) is 10.4. The number of halogens is 1. The Morgan fingerprint density at radius 1 is 1.27 bits per heavy atom. The number of methoxy groups -OCH3 is 1. The lowest BCUT2D eigenvalue weighted by molar-refractivity contribution is -0.149. The van der Waals surface area contributed by atoms with Gasteiger partial charge in [0.1, 0.15) is 11.5 Å². The highest BCUT2D eigenvalue weighted by atomic mass is 35.5. The van der Waals surface area contributed by atoms with Crippen LogP contribution in [0.3, 0.4) is 0 Å². The lowest BCUT2D eigenvalue weighted by Crippen LogP contribution is -2.18. The summed E-state index contributed by atoms with van der Waals surface area (Å²) in [7, 11) is 1.54. The Morgan fingerprint density at radius 3 is 2.64 bits per heavy atom. The third-order valence-corrected chi connectivity index (χ3v) is 3.18. The van der Waals surface area contributed by atoms with Gasteiger partial charge in [-0.1, -0.05) is 11.6 Å². The fraction of sp³-hybridized carbons (Fsp3) is 0.375. The van der Waals surface area contributed by atoms with Gasteiger partial charge in [-0.25, -0.2) is 4.79 Å². The van der Waals surface area contributed by atoms with Crippen LogP contribution in [0.25, 0.3) is 10.9 Å². The monoisotopic (exact) mass is 323 g/mol. The van der Waals surface area contributed by atoms with Gasteiger partial charge in [-0.05, 0) is 32.9 Å². The zero-order chi connectivity index (χ0) is 16.3. The molecular formula is C16H18ClNO4. The van der Waals surface area contributed by atoms with Crippen LogP contribution < -0.4 is 9.47 Å². The second kappa shape index (κ2) is 6.83. The highest BCUT2D eigenvalue weighted by Gasteiger charge is 2.13.